The standard InChI is InChI=1S/C12H13N3/c1-8-7-14-12(15-8)10-4-2-3-9-5-6-13-11(9)10/h2-4,7,13H,5-6H2,1H3,(H,14,15). The van der Waals surface area contributed by atoms with Crippen molar-refractivity contribution in [3.63, 3.8) is 0 Å². The normalized spacial score (nSPS) is 13.7. The summed E-state index contributed by atoms with van der Waals surface area (Å²) in [7, 11) is 0. The van der Waals surface area contributed by atoms with E-state index in [9.17, 15) is 0 Å². The highest BCUT2D eigenvalue weighted by Gasteiger charge is 2.15. The Balaban J connectivity index is 2.16. The number of nitrogens with zero attached hydrogens (tertiary/aromatic N) is 1. The van der Waals surface area contributed by atoms with Crippen molar-refractivity contribution in [3.05, 3.63) is 35.7 Å². The highest BCUT2D eigenvalue weighted by Crippen LogP contribution is 2.32. The third kappa shape index (κ3) is 1.31. The summed E-state index contributed by atoms with van der Waals surface area (Å²) in [5, 5.41) is 3.42. The number of hydrogen-bond donors (Lipinski definition) is 2. The minimum absolute atomic E-state index is 0.957. The summed E-state index contributed by atoms with van der Waals surface area (Å²) in [5.74, 6) is 0.957. The number of hydrogen-bond acceptors (Lipinski definition) is 2. The van der Waals surface area contributed by atoms with Crippen LogP contribution in [0.5, 0.6) is 0 Å². The molecule has 3 heteroatoms. The van der Waals surface area contributed by atoms with Crippen molar-refractivity contribution in [2.75, 3.05) is 11.9 Å². The van der Waals surface area contributed by atoms with Gasteiger partial charge in [-0.1, -0.05) is 12.1 Å². The molecule has 0 saturated carbocycles. The minimum atomic E-state index is 0.957. The first-order chi connectivity index (χ1) is 7.34. The Morgan fingerprint density at radius 1 is 1.33 bits per heavy atom. The second kappa shape index (κ2) is 3.12. The number of anilines is 1. The Bertz CT molecular complexity index is 499. The number of H-pyrrole nitrogens is 1. The summed E-state index contributed by atoms with van der Waals surface area (Å²) >= 11 is 0. The van der Waals surface area contributed by atoms with Crippen molar-refractivity contribution in [2.45, 2.75) is 13.3 Å². The van der Waals surface area contributed by atoms with Crippen LogP contribution in [0.1, 0.15) is 11.3 Å². The molecule has 3 rings (SSSR count). The van der Waals surface area contributed by atoms with E-state index in [0.29, 0.717) is 0 Å². The number of para-hydroxylation sites is 1. The fourth-order valence-corrected chi connectivity index (χ4v) is 2.09. The third-order valence-electron chi connectivity index (χ3n) is 2.80. The maximum Gasteiger partial charge on any atom is 0.139 e. The van der Waals surface area contributed by atoms with Crippen LogP contribution >= 0.6 is 0 Å². The van der Waals surface area contributed by atoms with E-state index in [4.69, 9.17) is 0 Å². The van der Waals surface area contributed by atoms with Gasteiger partial charge in [0.15, 0.2) is 0 Å². The topological polar surface area (TPSA) is 40.7 Å². The predicted molar refractivity (Wildman–Crippen MR) is 61.0 cm³/mol. The molecule has 1 aromatic heterocycles. The van der Waals surface area contributed by atoms with Crippen molar-refractivity contribution in [1.29, 1.82) is 0 Å². The van der Waals surface area contributed by atoms with Gasteiger partial charge in [-0.15, -0.1) is 0 Å². The molecule has 76 valence electrons. The molecule has 0 aliphatic carbocycles. The van der Waals surface area contributed by atoms with Crippen LogP contribution in [0.3, 0.4) is 0 Å². The second-order valence-electron chi connectivity index (χ2n) is 3.93. The summed E-state index contributed by atoms with van der Waals surface area (Å²) in [6.07, 6.45) is 2.98. The summed E-state index contributed by atoms with van der Waals surface area (Å²) in [5.41, 5.74) is 4.91. The first-order valence-corrected chi connectivity index (χ1v) is 5.22. The molecule has 1 aromatic carbocycles. The molecule has 1 aliphatic rings. The summed E-state index contributed by atoms with van der Waals surface area (Å²) in [6.45, 7) is 3.05. The van der Waals surface area contributed by atoms with Gasteiger partial charge in [-0.25, -0.2) is 4.98 Å². The van der Waals surface area contributed by atoms with Crippen LogP contribution < -0.4 is 5.32 Å². The second-order valence-corrected chi connectivity index (χ2v) is 3.93. The monoisotopic (exact) mass is 199 g/mol. The van der Waals surface area contributed by atoms with Gasteiger partial charge in [0, 0.05) is 29.7 Å². The average molecular weight is 199 g/mol. The lowest BCUT2D eigenvalue weighted by Crippen LogP contribution is -1.94. The van der Waals surface area contributed by atoms with E-state index < -0.39 is 0 Å². The van der Waals surface area contributed by atoms with Gasteiger partial charge in [-0.05, 0) is 25.0 Å². The lowest BCUT2D eigenvalue weighted by Gasteiger charge is -2.05. The highest BCUT2D eigenvalue weighted by atomic mass is 14.9. The van der Waals surface area contributed by atoms with Crippen molar-refractivity contribution in [3.8, 4) is 11.4 Å². The summed E-state index contributed by atoms with van der Waals surface area (Å²) in [4.78, 5) is 7.64. The van der Waals surface area contributed by atoms with Gasteiger partial charge in [-0.3, -0.25) is 0 Å². The first kappa shape index (κ1) is 8.53. The van der Waals surface area contributed by atoms with Gasteiger partial charge in [0.1, 0.15) is 5.82 Å². The first-order valence-electron chi connectivity index (χ1n) is 5.22. The predicted octanol–water partition coefficient (Wildman–Crippen LogP) is 2.35. The zero-order valence-corrected chi connectivity index (χ0v) is 8.67. The van der Waals surface area contributed by atoms with E-state index in [2.05, 4.69) is 33.5 Å². The van der Waals surface area contributed by atoms with Crippen LogP contribution in [-0.2, 0) is 6.42 Å². The summed E-state index contributed by atoms with van der Waals surface area (Å²) < 4.78 is 0. The van der Waals surface area contributed by atoms with E-state index >= 15 is 0 Å². The molecule has 15 heavy (non-hydrogen) atoms. The highest BCUT2D eigenvalue weighted by molar-refractivity contribution is 5.78. The number of imidazole rings is 1. The number of aromatic nitrogens is 2. The quantitative estimate of drug-likeness (QED) is 0.740. The average Bonchev–Trinajstić information content (AvgIpc) is 2.84. The number of aromatic amines is 1. The smallest absolute Gasteiger partial charge is 0.139 e. The SMILES string of the molecule is Cc1cnc(-c2cccc3c2NCC3)[nH]1. The molecule has 0 spiro atoms. The molecule has 0 unspecified atom stereocenters. The van der Waals surface area contributed by atoms with Crippen molar-refractivity contribution in [2.24, 2.45) is 0 Å². The Morgan fingerprint density at radius 3 is 3.07 bits per heavy atom. The van der Waals surface area contributed by atoms with Crippen molar-refractivity contribution >= 4 is 5.69 Å². The molecule has 0 bridgehead atoms. The van der Waals surface area contributed by atoms with Crippen LogP contribution in [0.25, 0.3) is 11.4 Å². The molecular formula is C12H13N3. The van der Waals surface area contributed by atoms with Crippen LogP contribution in [0.4, 0.5) is 5.69 Å². The number of aryl methyl sites for hydroxylation is 1. The molecule has 2 aromatic rings. The zero-order valence-electron chi connectivity index (χ0n) is 8.67. The van der Waals surface area contributed by atoms with Crippen molar-refractivity contribution in [1.82, 2.24) is 9.97 Å². The van der Waals surface area contributed by atoms with Crippen LogP contribution in [0.2, 0.25) is 0 Å². The molecule has 1 aliphatic heterocycles. The summed E-state index contributed by atoms with van der Waals surface area (Å²) in [6, 6.07) is 6.38. The Morgan fingerprint density at radius 2 is 2.27 bits per heavy atom. The molecule has 2 N–H and O–H groups in total. The number of benzene rings is 1. The van der Waals surface area contributed by atoms with Crippen molar-refractivity contribution < 1.29 is 0 Å². The van der Waals surface area contributed by atoms with Gasteiger partial charge in [0.05, 0.1) is 0 Å². The van der Waals surface area contributed by atoms with Crippen LogP contribution in [0, 0.1) is 6.92 Å². The largest absolute Gasteiger partial charge is 0.384 e. The lowest BCUT2D eigenvalue weighted by atomic mass is 10.1. The van der Waals surface area contributed by atoms with Crippen LogP contribution in [-0.4, -0.2) is 16.5 Å². The Kier molecular flexibility index (Phi) is 1.78. The van der Waals surface area contributed by atoms with Gasteiger partial charge >= 0.3 is 0 Å². The van der Waals surface area contributed by atoms with E-state index in [-0.39, 0.29) is 0 Å². The number of fused-ring (bicyclic) bond motifs is 1. The van der Waals surface area contributed by atoms with E-state index in [0.717, 1.165) is 24.5 Å². The van der Waals surface area contributed by atoms with E-state index in [1.54, 1.807) is 0 Å². The lowest BCUT2D eigenvalue weighted by molar-refractivity contribution is 1.11. The van der Waals surface area contributed by atoms with Gasteiger partial charge < -0.3 is 10.3 Å². The van der Waals surface area contributed by atoms with Gasteiger partial charge in [-0.2, -0.15) is 0 Å². The zero-order chi connectivity index (χ0) is 10.3. The molecule has 0 atom stereocenters. The third-order valence-corrected chi connectivity index (χ3v) is 2.80. The maximum absolute atomic E-state index is 4.37. The molecule has 2 heterocycles. The minimum Gasteiger partial charge on any atom is -0.384 e. The van der Waals surface area contributed by atoms with E-state index in [1.807, 2.05) is 13.1 Å². The molecule has 3 nitrogen and oxygen atoms in total. The van der Waals surface area contributed by atoms with Gasteiger partial charge in [0.25, 0.3) is 0 Å². The molecule has 0 radical (unpaired) electrons. The number of rotatable bonds is 1. The Hall–Kier alpha value is -1.77. The van der Waals surface area contributed by atoms with Crippen LogP contribution in [0.15, 0.2) is 24.4 Å². The Labute approximate surface area is 88.6 Å². The fraction of sp³-hybridized carbons (Fsp3) is 0.250. The molecule has 0 saturated heterocycles. The maximum atomic E-state index is 4.37. The van der Waals surface area contributed by atoms with Gasteiger partial charge in [0.2, 0.25) is 0 Å². The fourth-order valence-electron chi connectivity index (χ4n) is 2.09. The molecule has 0 amide bonds. The van der Waals surface area contributed by atoms with E-state index in [1.165, 1.54) is 16.8 Å². The number of nitrogens with one attached hydrogen (secondary N) is 2. The molecule has 0 fully saturated rings. The molecular weight excluding hydrogens is 186 g/mol.